The molecule has 146 valence electrons. The zero-order valence-corrected chi connectivity index (χ0v) is 16.8. The molecule has 1 aliphatic heterocycles. The van der Waals surface area contributed by atoms with Crippen molar-refractivity contribution in [2.75, 3.05) is 24.9 Å². The fourth-order valence-electron chi connectivity index (χ4n) is 4.13. The standard InChI is InChI=1S/C21H28N2O3S/c1-14(2)15-4-7-18(8-5-15)27(24,25)23-19-9-6-16(10-20(19)26-3)21-11-17(21)12-22-13-21/h4-10,14,17,22-25H,11-13H2,1-3H3. The van der Waals surface area contributed by atoms with Crippen LogP contribution in [-0.4, -0.2) is 29.3 Å². The first-order valence-electron chi connectivity index (χ1n) is 9.41. The molecule has 2 unspecified atom stereocenters. The number of fused-ring (bicyclic) bond motifs is 1. The number of piperidine rings is 1. The highest BCUT2D eigenvalue weighted by molar-refractivity contribution is 8.25. The maximum atomic E-state index is 10.7. The van der Waals surface area contributed by atoms with E-state index in [1.54, 1.807) is 19.2 Å². The third-order valence-corrected chi connectivity index (χ3v) is 7.40. The van der Waals surface area contributed by atoms with Crippen molar-refractivity contribution in [1.82, 2.24) is 5.32 Å². The molecule has 2 aliphatic rings. The summed E-state index contributed by atoms with van der Waals surface area (Å²) in [5.74, 6) is 1.75. The third kappa shape index (κ3) is 3.31. The predicted molar refractivity (Wildman–Crippen MR) is 111 cm³/mol. The number of benzene rings is 2. The molecule has 2 fully saturated rings. The van der Waals surface area contributed by atoms with Crippen LogP contribution in [0, 0.1) is 5.92 Å². The van der Waals surface area contributed by atoms with E-state index in [0.29, 0.717) is 28.2 Å². The maximum Gasteiger partial charge on any atom is 0.143 e. The van der Waals surface area contributed by atoms with Crippen molar-refractivity contribution >= 4 is 16.5 Å². The first-order chi connectivity index (χ1) is 12.9. The minimum atomic E-state index is -3.17. The molecule has 1 aliphatic carbocycles. The molecule has 2 aromatic carbocycles. The van der Waals surface area contributed by atoms with E-state index in [0.717, 1.165) is 13.1 Å². The topological polar surface area (TPSA) is 73.8 Å². The van der Waals surface area contributed by atoms with Crippen LogP contribution in [0.25, 0.3) is 0 Å². The van der Waals surface area contributed by atoms with E-state index in [-0.39, 0.29) is 5.41 Å². The summed E-state index contributed by atoms with van der Waals surface area (Å²) in [7, 11) is -1.55. The highest BCUT2D eigenvalue weighted by Crippen LogP contribution is 2.57. The van der Waals surface area contributed by atoms with Crippen molar-refractivity contribution in [2.24, 2.45) is 5.92 Å². The molecule has 4 N–H and O–H groups in total. The lowest BCUT2D eigenvalue weighted by molar-refractivity contribution is 0.415. The molecule has 1 saturated carbocycles. The number of nitrogens with one attached hydrogen (secondary N) is 2. The van der Waals surface area contributed by atoms with E-state index in [4.69, 9.17) is 4.74 Å². The second-order valence-corrected chi connectivity index (χ2v) is 9.75. The molecule has 2 atom stereocenters. The number of methoxy groups -OCH3 is 1. The molecule has 0 bridgehead atoms. The molecular formula is C21H28N2O3S. The molecule has 0 aromatic heterocycles. The second-order valence-electron chi connectivity index (χ2n) is 7.98. The SMILES string of the molecule is COc1cc(C23CNCC2C3)ccc1NS(O)(O)c1ccc(C(C)C)cc1. The summed E-state index contributed by atoms with van der Waals surface area (Å²) in [6.07, 6.45) is 1.22. The Kier molecular flexibility index (Phi) is 4.63. The second kappa shape index (κ2) is 6.71. The summed E-state index contributed by atoms with van der Waals surface area (Å²) >= 11 is 0. The lowest BCUT2D eigenvalue weighted by atomic mass is 9.94. The van der Waals surface area contributed by atoms with Crippen molar-refractivity contribution in [3.8, 4) is 5.75 Å². The lowest BCUT2D eigenvalue weighted by Crippen LogP contribution is -2.19. The molecule has 6 heteroatoms. The van der Waals surface area contributed by atoms with Crippen LogP contribution in [0.5, 0.6) is 5.75 Å². The summed E-state index contributed by atoms with van der Waals surface area (Å²) in [5, 5.41) is 3.45. The fraction of sp³-hybridized carbons (Fsp3) is 0.429. The maximum absolute atomic E-state index is 10.7. The summed E-state index contributed by atoms with van der Waals surface area (Å²) in [5.41, 5.74) is 3.26. The van der Waals surface area contributed by atoms with Gasteiger partial charge in [-0.25, -0.2) is 0 Å². The van der Waals surface area contributed by atoms with Gasteiger partial charge in [-0.2, -0.15) is 0 Å². The monoisotopic (exact) mass is 388 g/mol. The average molecular weight is 389 g/mol. The zero-order chi connectivity index (χ0) is 19.2. The first-order valence-corrected chi connectivity index (χ1v) is 11.0. The van der Waals surface area contributed by atoms with Gasteiger partial charge in [0.25, 0.3) is 0 Å². The Balaban J connectivity index is 1.57. The molecule has 4 rings (SSSR count). The van der Waals surface area contributed by atoms with Gasteiger partial charge in [-0.1, -0.05) is 42.8 Å². The Bertz CT molecular complexity index is 838. The van der Waals surface area contributed by atoms with E-state index < -0.39 is 10.8 Å². The Morgan fingerprint density at radius 1 is 1.19 bits per heavy atom. The molecule has 0 spiro atoms. The van der Waals surface area contributed by atoms with Crippen LogP contribution in [0.1, 0.15) is 37.3 Å². The average Bonchev–Trinajstić information content (AvgIpc) is 3.22. The van der Waals surface area contributed by atoms with E-state index in [1.807, 2.05) is 24.3 Å². The minimum absolute atomic E-state index is 0.237. The molecule has 1 saturated heterocycles. The largest absolute Gasteiger partial charge is 0.495 e. The summed E-state index contributed by atoms with van der Waals surface area (Å²) in [6, 6.07) is 13.4. The van der Waals surface area contributed by atoms with Crippen LogP contribution in [0.3, 0.4) is 0 Å². The predicted octanol–water partition coefficient (Wildman–Crippen LogP) is 4.82. The molecule has 1 heterocycles. The molecule has 0 amide bonds. The lowest BCUT2D eigenvalue weighted by Gasteiger charge is -2.34. The molecule has 0 radical (unpaired) electrons. The van der Waals surface area contributed by atoms with Gasteiger partial charge in [-0.05, 0) is 60.2 Å². The van der Waals surface area contributed by atoms with Crippen LogP contribution in [-0.2, 0) is 5.41 Å². The summed E-state index contributed by atoms with van der Waals surface area (Å²) < 4.78 is 29.8. The normalized spacial score (nSPS) is 24.6. The quantitative estimate of drug-likeness (QED) is 0.571. The Hall–Kier alpha value is -1.73. The van der Waals surface area contributed by atoms with Crippen LogP contribution < -0.4 is 14.8 Å². The van der Waals surface area contributed by atoms with Gasteiger partial charge in [-0.15, -0.1) is 0 Å². The number of hydrogen-bond acceptors (Lipinski definition) is 5. The van der Waals surface area contributed by atoms with Gasteiger partial charge in [-0.3, -0.25) is 13.8 Å². The summed E-state index contributed by atoms with van der Waals surface area (Å²) in [6.45, 7) is 6.31. The van der Waals surface area contributed by atoms with Gasteiger partial charge in [0.15, 0.2) is 0 Å². The number of ether oxygens (including phenoxy) is 1. The molecular weight excluding hydrogens is 360 g/mol. The highest BCUT2D eigenvalue weighted by atomic mass is 32.3. The number of anilines is 1. The Morgan fingerprint density at radius 3 is 2.48 bits per heavy atom. The van der Waals surface area contributed by atoms with Crippen LogP contribution in [0.15, 0.2) is 47.4 Å². The third-order valence-electron chi connectivity index (χ3n) is 5.97. The number of rotatable bonds is 6. The smallest absolute Gasteiger partial charge is 0.143 e. The van der Waals surface area contributed by atoms with Crippen molar-refractivity contribution in [2.45, 2.75) is 36.5 Å². The van der Waals surface area contributed by atoms with Crippen molar-refractivity contribution in [1.29, 1.82) is 0 Å². The van der Waals surface area contributed by atoms with Crippen molar-refractivity contribution in [3.63, 3.8) is 0 Å². The van der Waals surface area contributed by atoms with E-state index in [9.17, 15) is 9.11 Å². The van der Waals surface area contributed by atoms with E-state index in [2.05, 4.69) is 30.0 Å². The van der Waals surface area contributed by atoms with Gasteiger partial charge in [0, 0.05) is 12.0 Å². The van der Waals surface area contributed by atoms with Crippen molar-refractivity contribution in [3.05, 3.63) is 53.6 Å². The van der Waals surface area contributed by atoms with Gasteiger partial charge >= 0.3 is 0 Å². The first kappa shape index (κ1) is 18.6. The molecule has 27 heavy (non-hydrogen) atoms. The fourth-order valence-corrected chi connectivity index (χ4v) is 5.24. The van der Waals surface area contributed by atoms with Crippen LogP contribution in [0.2, 0.25) is 0 Å². The van der Waals surface area contributed by atoms with Crippen molar-refractivity contribution < 1.29 is 13.8 Å². The zero-order valence-electron chi connectivity index (χ0n) is 16.0. The summed E-state index contributed by atoms with van der Waals surface area (Å²) in [4.78, 5) is 0.471. The van der Waals surface area contributed by atoms with Gasteiger partial charge in [0.2, 0.25) is 0 Å². The number of hydrogen-bond donors (Lipinski definition) is 4. The van der Waals surface area contributed by atoms with Crippen LogP contribution >= 0.6 is 10.8 Å². The highest BCUT2D eigenvalue weighted by Gasteiger charge is 2.58. The molecule has 5 nitrogen and oxygen atoms in total. The molecule has 2 aromatic rings. The van der Waals surface area contributed by atoms with Gasteiger partial charge in [0.1, 0.15) is 5.75 Å². The minimum Gasteiger partial charge on any atom is -0.495 e. The van der Waals surface area contributed by atoms with Gasteiger partial charge in [0.05, 0.1) is 17.7 Å². The van der Waals surface area contributed by atoms with E-state index >= 15 is 0 Å². The Morgan fingerprint density at radius 2 is 1.93 bits per heavy atom. The van der Waals surface area contributed by atoms with E-state index in [1.165, 1.54) is 17.5 Å². The van der Waals surface area contributed by atoms with Crippen LogP contribution in [0.4, 0.5) is 5.69 Å². The van der Waals surface area contributed by atoms with Gasteiger partial charge < -0.3 is 10.1 Å². The Labute approximate surface area is 162 Å².